The molecule has 6 heteroatoms. The van der Waals surface area contributed by atoms with Gasteiger partial charge in [-0.05, 0) is 55.7 Å². The number of halogens is 3. The monoisotopic (exact) mass is 341 g/mol. The van der Waals surface area contributed by atoms with Crippen LogP contribution in [0.15, 0.2) is 24.3 Å². The van der Waals surface area contributed by atoms with Crippen molar-refractivity contribution in [2.24, 2.45) is 11.8 Å². The molecule has 0 spiro atoms. The van der Waals surface area contributed by atoms with E-state index in [4.69, 9.17) is 0 Å². The maximum absolute atomic E-state index is 12.8. The molecular formula is C18H22F3NO2. The normalized spacial score (nSPS) is 31.0. The van der Waals surface area contributed by atoms with Crippen LogP contribution in [0.1, 0.15) is 50.2 Å². The summed E-state index contributed by atoms with van der Waals surface area (Å²) in [6, 6.07) is 5.58. The van der Waals surface area contributed by atoms with Crippen molar-refractivity contribution in [3.63, 3.8) is 0 Å². The van der Waals surface area contributed by atoms with Gasteiger partial charge in [0.2, 0.25) is 0 Å². The summed E-state index contributed by atoms with van der Waals surface area (Å²) in [5.41, 5.74) is -0.204. The van der Waals surface area contributed by atoms with E-state index in [1.807, 2.05) is 6.92 Å². The van der Waals surface area contributed by atoms with Gasteiger partial charge in [-0.3, -0.25) is 4.79 Å². The topological polar surface area (TPSA) is 49.3 Å². The molecule has 132 valence electrons. The maximum atomic E-state index is 12.8. The number of benzene rings is 1. The Hall–Kier alpha value is -1.56. The third-order valence-corrected chi connectivity index (χ3v) is 5.69. The molecule has 24 heavy (non-hydrogen) atoms. The molecule has 2 heterocycles. The zero-order valence-corrected chi connectivity index (χ0v) is 13.6. The molecule has 2 unspecified atom stereocenters. The van der Waals surface area contributed by atoms with E-state index in [1.54, 1.807) is 12.1 Å². The number of carboxylic acid groups (broad SMARTS) is 1. The summed E-state index contributed by atoms with van der Waals surface area (Å²) in [5, 5.41) is 13.0. The molecule has 0 amide bonds. The van der Waals surface area contributed by atoms with Gasteiger partial charge < -0.3 is 10.4 Å². The van der Waals surface area contributed by atoms with E-state index >= 15 is 0 Å². The van der Waals surface area contributed by atoms with Crippen LogP contribution in [0.3, 0.4) is 0 Å². The highest BCUT2D eigenvalue weighted by Crippen LogP contribution is 2.48. The molecule has 0 aromatic heterocycles. The second-order valence-electron chi connectivity index (χ2n) is 7.09. The molecule has 3 nitrogen and oxygen atoms in total. The van der Waals surface area contributed by atoms with E-state index in [0.29, 0.717) is 12.8 Å². The molecule has 2 aliphatic heterocycles. The molecule has 1 aromatic carbocycles. The van der Waals surface area contributed by atoms with Gasteiger partial charge in [-0.15, -0.1) is 0 Å². The van der Waals surface area contributed by atoms with Crippen molar-refractivity contribution in [3.8, 4) is 0 Å². The first-order chi connectivity index (χ1) is 11.2. The third-order valence-electron chi connectivity index (χ3n) is 5.69. The van der Waals surface area contributed by atoms with Crippen molar-refractivity contribution in [1.29, 1.82) is 0 Å². The van der Waals surface area contributed by atoms with Crippen molar-refractivity contribution in [2.75, 3.05) is 0 Å². The Morgan fingerprint density at radius 1 is 1.38 bits per heavy atom. The van der Waals surface area contributed by atoms with E-state index in [9.17, 15) is 23.1 Å². The van der Waals surface area contributed by atoms with Gasteiger partial charge in [0, 0.05) is 11.6 Å². The van der Waals surface area contributed by atoms with Crippen LogP contribution >= 0.6 is 0 Å². The molecule has 0 saturated carbocycles. The minimum Gasteiger partial charge on any atom is -0.481 e. The van der Waals surface area contributed by atoms with Crippen LogP contribution in [0.5, 0.6) is 0 Å². The van der Waals surface area contributed by atoms with Crippen LogP contribution in [-0.2, 0) is 16.5 Å². The minimum absolute atomic E-state index is 0.0588. The van der Waals surface area contributed by atoms with E-state index in [1.165, 1.54) is 0 Å². The van der Waals surface area contributed by atoms with E-state index in [-0.39, 0.29) is 23.4 Å². The van der Waals surface area contributed by atoms with Crippen molar-refractivity contribution in [3.05, 3.63) is 35.4 Å². The fraction of sp³-hybridized carbons (Fsp3) is 0.611. The lowest BCUT2D eigenvalue weighted by molar-refractivity contribution is -0.144. The molecule has 2 saturated heterocycles. The SMILES string of the molecule is CCC(C(=O)O)C1C[C@@H]2CC[C@@](c3ccc(C(F)(F)F)cc3)(C1)N2. The summed E-state index contributed by atoms with van der Waals surface area (Å²) in [6.45, 7) is 1.88. The number of fused-ring (bicyclic) bond motifs is 2. The number of hydrogen-bond donors (Lipinski definition) is 2. The van der Waals surface area contributed by atoms with Crippen LogP contribution in [0.2, 0.25) is 0 Å². The predicted molar refractivity (Wildman–Crippen MR) is 83.4 cm³/mol. The predicted octanol–water partition coefficient (Wildman–Crippen LogP) is 4.17. The lowest BCUT2D eigenvalue weighted by Gasteiger charge is -2.41. The summed E-state index contributed by atoms with van der Waals surface area (Å²) in [4.78, 5) is 11.5. The molecule has 0 radical (unpaired) electrons. The van der Waals surface area contributed by atoms with Gasteiger partial charge >= 0.3 is 12.1 Å². The summed E-state index contributed by atoms with van der Waals surface area (Å²) in [7, 11) is 0. The van der Waals surface area contributed by atoms with Crippen LogP contribution in [0, 0.1) is 11.8 Å². The van der Waals surface area contributed by atoms with Gasteiger partial charge in [0.05, 0.1) is 11.5 Å². The lowest BCUT2D eigenvalue weighted by Crippen LogP contribution is -2.49. The molecular weight excluding hydrogens is 319 g/mol. The molecule has 2 bridgehead atoms. The second-order valence-corrected chi connectivity index (χ2v) is 7.09. The quantitative estimate of drug-likeness (QED) is 0.864. The van der Waals surface area contributed by atoms with Crippen LogP contribution < -0.4 is 5.32 Å². The highest BCUT2D eigenvalue weighted by molar-refractivity contribution is 5.70. The molecule has 4 atom stereocenters. The Balaban J connectivity index is 1.87. The first-order valence-corrected chi connectivity index (χ1v) is 8.43. The fourth-order valence-electron chi connectivity index (χ4n) is 4.53. The minimum atomic E-state index is -4.34. The summed E-state index contributed by atoms with van der Waals surface area (Å²) in [5.74, 6) is -1.10. The molecule has 2 fully saturated rings. The Labute approximate surface area is 139 Å². The first-order valence-electron chi connectivity index (χ1n) is 8.43. The number of piperidine rings is 1. The zero-order valence-electron chi connectivity index (χ0n) is 13.6. The van der Waals surface area contributed by atoms with Gasteiger partial charge in [-0.25, -0.2) is 0 Å². The highest BCUT2D eigenvalue weighted by Gasteiger charge is 2.48. The molecule has 3 rings (SSSR count). The van der Waals surface area contributed by atoms with Gasteiger partial charge in [0.15, 0.2) is 0 Å². The number of hydrogen-bond acceptors (Lipinski definition) is 2. The number of carbonyl (C=O) groups is 1. The number of nitrogens with one attached hydrogen (secondary N) is 1. The average Bonchev–Trinajstić information content (AvgIpc) is 2.83. The smallest absolute Gasteiger partial charge is 0.416 e. The van der Waals surface area contributed by atoms with Crippen molar-refractivity contribution >= 4 is 5.97 Å². The van der Waals surface area contributed by atoms with Gasteiger partial charge in [-0.1, -0.05) is 19.1 Å². The Bertz CT molecular complexity index is 614. The highest BCUT2D eigenvalue weighted by atomic mass is 19.4. The Kier molecular flexibility index (Phi) is 4.36. The molecule has 2 aliphatic rings. The zero-order chi connectivity index (χ0) is 17.5. The van der Waals surface area contributed by atoms with Crippen LogP contribution in [-0.4, -0.2) is 17.1 Å². The van der Waals surface area contributed by atoms with Crippen molar-refractivity contribution in [2.45, 2.75) is 56.8 Å². The van der Waals surface area contributed by atoms with Gasteiger partial charge in [-0.2, -0.15) is 13.2 Å². The third kappa shape index (κ3) is 3.04. The first kappa shape index (κ1) is 17.3. The van der Waals surface area contributed by atoms with E-state index in [2.05, 4.69) is 5.32 Å². The van der Waals surface area contributed by atoms with Crippen molar-refractivity contribution < 1.29 is 23.1 Å². The number of alkyl halides is 3. The Morgan fingerprint density at radius 2 is 2.04 bits per heavy atom. The Morgan fingerprint density at radius 3 is 2.58 bits per heavy atom. The molecule has 2 N–H and O–H groups in total. The van der Waals surface area contributed by atoms with Gasteiger partial charge in [0.1, 0.15) is 0 Å². The summed E-state index contributed by atoms with van der Waals surface area (Å²) in [6.07, 6.45) is -0.487. The second kappa shape index (κ2) is 6.06. The standard InChI is InChI=1S/C18H22F3NO2/c1-2-15(16(23)24)11-9-14-7-8-17(10-11,22-14)12-3-5-13(6-4-12)18(19,20)21/h3-6,11,14-15,22H,2,7-10H2,1H3,(H,23,24)/t11?,14-,15?,17-/m0/s1. The lowest BCUT2D eigenvalue weighted by atomic mass is 9.73. The summed E-state index contributed by atoms with van der Waals surface area (Å²) < 4.78 is 38.3. The van der Waals surface area contributed by atoms with Crippen LogP contribution in [0.4, 0.5) is 13.2 Å². The average molecular weight is 341 g/mol. The molecule has 1 aromatic rings. The van der Waals surface area contributed by atoms with Gasteiger partial charge in [0.25, 0.3) is 0 Å². The number of aliphatic carboxylic acids is 1. The molecule has 0 aliphatic carbocycles. The fourth-order valence-corrected chi connectivity index (χ4v) is 4.53. The van der Waals surface area contributed by atoms with E-state index in [0.717, 1.165) is 37.0 Å². The number of carboxylic acids is 1. The van der Waals surface area contributed by atoms with Crippen molar-refractivity contribution in [1.82, 2.24) is 5.32 Å². The maximum Gasteiger partial charge on any atom is 0.416 e. The van der Waals surface area contributed by atoms with E-state index < -0.39 is 17.7 Å². The number of rotatable bonds is 4. The van der Waals surface area contributed by atoms with Crippen LogP contribution in [0.25, 0.3) is 0 Å². The summed E-state index contributed by atoms with van der Waals surface area (Å²) >= 11 is 0. The largest absolute Gasteiger partial charge is 0.481 e.